The lowest BCUT2D eigenvalue weighted by Crippen LogP contribution is -2.26. The average molecular weight is 320 g/mol. The summed E-state index contributed by atoms with van der Waals surface area (Å²) >= 11 is 0. The first-order valence-corrected chi connectivity index (χ1v) is 7.97. The van der Waals surface area contributed by atoms with E-state index in [1.807, 2.05) is 24.3 Å². The summed E-state index contributed by atoms with van der Waals surface area (Å²) in [5, 5.41) is 17.2. The highest BCUT2D eigenvalue weighted by Crippen LogP contribution is 2.20. The largest absolute Gasteiger partial charge is 0.395 e. The van der Waals surface area contributed by atoms with Crippen LogP contribution in [-0.2, 0) is 6.54 Å². The molecule has 3 aromatic carbocycles. The summed E-state index contributed by atoms with van der Waals surface area (Å²) in [4.78, 5) is 11.8. The third-order valence-corrected chi connectivity index (χ3v) is 3.91. The summed E-state index contributed by atoms with van der Waals surface area (Å²) in [7, 11) is 0. The van der Waals surface area contributed by atoms with Gasteiger partial charge in [-0.3, -0.25) is 4.79 Å². The van der Waals surface area contributed by atoms with Crippen LogP contribution in [0.2, 0.25) is 0 Å². The Morgan fingerprint density at radius 3 is 2.46 bits per heavy atom. The third kappa shape index (κ3) is 3.73. The SMILES string of the molecule is O=C(NCCO)c1ccc(NCc2cccc3ccccc23)cc1. The molecule has 1 amide bonds. The van der Waals surface area contributed by atoms with Gasteiger partial charge in [-0.05, 0) is 40.6 Å². The number of aliphatic hydroxyl groups excluding tert-OH is 1. The van der Waals surface area contributed by atoms with Gasteiger partial charge in [-0.2, -0.15) is 0 Å². The second-order valence-corrected chi connectivity index (χ2v) is 5.55. The van der Waals surface area contributed by atoms with E-state index in [-0.39, 0.29) is 19.1 Å². The van der Waals surface area contributed by atoms with Crippen LogP contribution in [0.25, 0.3) is 10.8 Å². The van der Waals surface area contributed by atoms with Gasteiger partial charge in [0.2, 0.25) is 0 Å². The Labute approximate surface area is 141 Å². The first-order chi connectivity index (χ1) is 11.8. The lowest BCUT2D eigenvalue weighted by molar-refractivity contribution is 0.0945. The van der Waals surface area contributed by atoms with E-state index >= 15 is 0 Å². The molecule has 3 rings (SSSR count). The van der Waals surface area contributed by atoms with Gasteiger partial charge in [0.05, 0.1) is 6.61 Å². The van der Waals surface area contributed by atoms with Gasteiger partial charge >= 0.3 is 0 Å². The van der Waals surface area contributed by atoms with Crippen LogP contribution in [0.5, 0.6) is 0 Å². The van der Waals surface area contributed by atoms with Gasteiger partial charge in [-0.15, -0.1) is 0 Å². The first-order valence-electron chi connectivity index (χ1n) is 7.97. The Kier molecular flexibility index (Phi) is 5.08. The second kappa shape index (κ2) is 7.62. The molecular formula is C20H20N2O2. The van der Waals surface area contributed by atoms with Crippen LogP contribution in [0, 0.1) is 0 Å². The smallest absolute Gasteiger partial charge is 0.251 e. The molecule has 0 atom stereocenters. The molecule has 0 spiro atoms. The zero-order valence-corrected chi connectivity index (χ0v) is 13.3. The van der Waals surface area contributed by atoms with E-state index in [0.29, 0.717) is 5.56 Å². The minimum Gasteiger partial charge on any atom is -0.395 e. The summed E-state index contributed by atoms with van der Waals surface area (Å²) in [5.74, 6) is -0.176. The molecule has 0 bridgehead atoms. The number of carbonyl (C=O) groups is 1. The quantitative estimate of drug-likeness (QED) is 0.654. The molecule has 0 saturated heterocycles. The fraction of sp³-hybridized carbons (Fsp3) is 0.150. The molecule has 0 heterocycles. The number of nitrogens with one attached hydrogen (secondary N) is 2. The van der Waals surface area contributed by atoms with E-state index in [9.17, 15) is 4.79 Å². The monoisotopic (exact) mass is 320 g/mol. The molecule has 0 saturated carbocycles. The van der Waals surface area contributed by atoms with Gasteiger partial charge in [0, 0.05) is 24.3 Å². The van der Waals surface area contributed by atoms with Gasteiger partial charge in [0.15, 0.2) is 0 Å². The van der Waals surface area contributed by atoms with Gasteiger partial charge in [-0.25, -0.2) is 0 Å². The van der Waals surface area contributed by atoms with E-state index in [1.165, 1.54) is 16.3 Å². The van der Waals surface area contributed by atoms with Gasteiger partial charge in [-0.1, -0.05) is 42.5 Å². The molecule has 3 N–H and O–H groups in total. The van der Waals surface area contributed by atoms with E-state index in [1.54, 1.807) is 12.1 Å². The maximum Gasteiger partial charge on any atom is 0.251 e. The van der Waals surface area contributed by atoms with E-state index in [4.69, 9.17) is 5.11 Å². The highest BCUT2D eigenvalue weighted by molar-refractivity contribution is 5.94. The van der Waals surface area contributed by atoms with Crippen LogP contribution in [0.1, 0.15) is 15.9 Å². The number of carbonyl (C=O) groups excluding carboxylic acids is 1. The zero-order chi connectivity index (χ0) is 16.8. The fourth-order valence-electron chi connectivity index (χ4n) is 2.65. The van der Waals surface area contributed by atoms with Crippen LogP contribution < -0.4 is 10.6 Å². The zero-order valence-electron chi connectivity index (χ0n) is 13.3. The Morgan fingerprint density at radius 1 is 0.917 bits per heavy atom. The van der Waals surface area contributed by atoms with Gasteiger partial charge < -0.3 is 15.7 Å². The molecule has 0 unspecified atom stereocenters. The molecule has 122 valence electrons. The van der Waals surface area contributed by atoms with Crippen molar-refractivity contribution in [3.05, 3.63) is 77.9 Å². The first kappa shape index (κ1) is 16.0. The summed E-state index contributed by atoms with van der Waals surface area (Å²) in [6.45, 7) is 0.924. The van der Waals surface area contributed by atoms with Crippen molar-refractivity contribution in [1.29, 1.82) is 0 Å². The fourth-order valence-corrected chi connectivity index (χ4v) is 2.65. The average Bonchev–Trinajstić information content (AvgIpc) is 2.64. The van der Waals surface area contributed by atoms with Gasteiger partial charge in [0.1, 0.15) is 0 Å². The molecule has 0 aliphatic heterocycles. The van der Waals surface area contributed by atoms with Crippen molar-refractivity contribution in [2.45, 2.75) is 6.54 Å². The topological polar surface area (TPSA) is 61.4 Å². The molecule has 3 aromatic rings. The van der Waals surface area contributed by atoms with Gasteiger partial charge in [0.25, 0.3) is 5.91 Å². The van der Waals surface area contributed by atoms with Crippen molar-refractivity contribution < 1.29 is 9.90 Å². The Bertz CT molecular complexity index is 823. The highest BCUT2D eigenvalue weighted by Gasteiger charge is 2.05. The van der Waals surface area contributed by atoms with Crippen LogP contribution >= 0.6 is 0 Å². The number of benzene rings is 3. The van der Waals surface area contributed by atoms with Crippen molar-refractivity contribution in [2.24, 2.45) is 0 Å². The number of rotatable bonds is 6. The second-order valence-electron chi connectivity index (χ2n) is 5.55. The number of hydrogen-bond donors (Lipinski definition) is 3. The Hall–Kier alpha value is -2.85. The molecule has 0 aromatic heterocycles. The molecule has 0 radical (unpaired) electrons. The molecule has 0 fully saturated rings. The van der Waals surface area contributed by atoms with Crippen LogP contribution in [0.3, 0.4) is 0 Å². The molecular weight excluding hydrogens is 300 g/mol. The minimum atomic E-state index is -0.176. The highest BCUT2D eigenvalue weighted by atomic mass is 16.3. The molecule has 0 aliphatic rings. The number of amides is 1. The van der Waals surface area contributed by atoms with Crippen LogP contribution in [0.4, 0.5) is 5.69 Å². The molecule has 24 heavy (non-hydrogen) atoms. The normalized spacial score (nSPS) is 10.5. The molecule has 4 nitrogen and oxygen atoms in total. The maximum absolute atomic E-state index is 11.8. The minimum absolute atomic E-state index is 0.0591. The summed E-state index contributed by atoms with van der Waals surface area (Å²) < 4.78 is 0. The number of anilines is 1. The van der Waals surface area contributed by atoms with Crippen LogP contribution in [-0.4, -0.2) is 24.2 Å². The summed E-state index contributed by atoms with van der Waals surface area (Å²) in [6.07, 6.45) is 0. The maximum atomic E-state index is 11.8. The van der Waals surface area contributed by atoms with E-state index < -0.39 is 0 Å². The van der Waals surface area contributed by atoms with Crippen molar-refractivity contribution in [3.63, 3.8) is 0 Å². The number of aliphatic hydroxyl groups is 1. The summed E-state index contributed by atoms with van der Waals surface area (Å²) in [6, 6.07) is 21.9. The lowest BCUT2D eigenvalue weighted by Gasteiger charge is -2.10. The predicted molar refractivity (Wildman–Crippen MR) is 97.1 cm³/mol. The third-order valence-electron chi connectivity index (χ3n) is 3.91. The van der Waals surface area contributed by atoms with Crippen LogP contribution in [0.15, 0.2) is 66.7 Å². The summed E-state index contributed by atoms with van der Waals surface area (Å²) in [5.41, 5.74) is 2.78. The molecule has 4 heteroatoms. The van der Waals surface area contributed by atoms with Crippen molar-refractivity contribution in [2.75, 3.05) is 18.5 Å². The Balaban J connectivity index is 1.67. The predicted octanol–water partition coefficient (Wildman–Crippen LogP) is 3.17. The standard InChI is InChI=1S/C20H20N2O2/c23-13-12-21-20(24)16-8-10-18(11-9-16)22-14-17-6-3-5-15-4-1-2-7-19(15)17/h1-11,22-23H,12-14H2,(H,21,24). The Morgan fingerprint density at radius 2 is 1.67 bits per heavy atom. The molecule has 0 aliphatic carbocycles. The van der Waals surface area contributed by atoms with E-state index in [0.717, 1.165) is 12.2 Å². The number of hydrogen-bond acceptors (Lipinski definition) is 3. The lowest BCUT2D eigenvalue weighted by atomic mass is 10.0. The van der Waals surface area contributed by atoms with Crippen molar-refractivity contribution >= 4 is 22.4 Å². The van der Waals surface area contributed by atoms with E-state index in [2.05, 4.69) is 41.0 Å². The van der Waals surface area contributed by atoms with Crippen molar-refractivity contribution in [3.8, 4) is 0 Å². The number of fused-ring (bicyclic) bond motifs is 1. The van der Waals surface area contributed by atoms with Crippen molar-refractivity contribution in [1.82, 2.24) is 5.32 Å².